The number of hydrogen-bond acceptors (Lipinski definition) is 5. The number of nitrogens with one attached hydrogen (secondary N) is 1. The summed E-state index contributed by atoms with van der Waals surface area (Å²) in [6.45, 7) is 13.0. The summed E-state index contributed by atoms with van der Waals surface area (Å²) in [7, 11) is 0.418. The summed E-state index contributed by atoms with van der Waals surface area (Å²) in [5, 5.41) is 10.3. The molecule has 33 heavy (non-hydrogen) atoms. The number of fused-ring (bicyclic) bond motifs is 1. The second-order valence-corrected chi connectivity index (χ2v) is 11.4. The minimum absolute atomic E-state index is 0.0749. The molecule has 8 heteroatoms. The number of likely N-dealkylation sites (tertiary alicyclic amines) is 1. The van der Waals surface area contributed by atoms with Crippen molar-refractivity contribution in [2.75, 3.05) is 0 Å². The molecule has 2 aromatic rings. The predicted molar refractivity (Wildman–Crippen MR) is 130 cm³/mol. The van der Waals surface area contributed by atoms with Crippen LogP contribution in [0.1, 0.15) is 73.2 Å². The van der Waals surface area contributed by atoms with Gasteiger partial charge < -0.3 is 19.5 Å². The maximum atomic E-state index is 12.8. The zero-order valence-electron chi connectivity index (χ0n) is 20.8. The zero-order valence-corrected chi connectivity index (χ0v) is 20.8. The largest absolute Gasteiger partial charge is 0.444 e. The van der Waals surface area contributed by atoms with Gasteiger partial charge in [0.1, 0.15) is 11.4 Å². The topological polar surface area (TPSA) is 87.7 Å². The average Bonchev–Trinajstić information content (AvgIpc) is 3.12. The number of piperidine rings is 1. The number of imidazole rings is 1. The highest BCUT2D eigenvalue weighted by molar-refractivity contribution is 6.47. The molecule has 1 unspecified atom stereocenters. The molecule has 1 aliphatic carbocycles. The van der Waals surface area contributed by atoms with E-state index >= 15 is 0 Å². The van der Waals surface area contributed by atoms with E-state index in [0.717, 1.165) is 35.4 Å². The lowest BCUT2D eigenvalue weighted by Crippen LogP contribution is -2.49. The highest BCUT2D eigenvalue weighted by Gasteiger charge is 2.56. The summed E-state index contributed by atoms with van der Waals surface area (Å²) < 4.78 is 11.6. The highest BCUT2D eigenvalue weighted by atomic mass is 16.6. The molecule has 178 valence electrons. The molecular weight excluding hydrogens is 417 g/mol. The lowest BCUT2D eigenvalue weighted by Gasteiger charge is -2.37. The molecule has 1 amide bonds. The van der Waals surface area contributed by atoms with Crippen molar-refractivity contribution in [3.63, 3.8) is 0 Å². The van der Waals surface area contributed by atoms with Gasteiger partial charge in [0.05, 0.1) is 29.1 Å². The number of hydrogen-bond donors (Lipinski definition) is 2. The summed E-state index contributed by atoms with van der Waals surface area (Å²) >= 11 is 0. The van der Waals surface area contributed by atoms with Gasteiger partial charge in [-0.25, -0.2) is 9.78 Å². The van der Waals surface area contributed by atoms with Crippen molar-refractivity contribution in [2.45, 2.75) is 90.2 Å². The number of carbonyl (C=O) groups is 1. The van der Waals surface area contributed by atoms with E-state index in [1.807, 2.05) is 70.0 Å². The van der Waals surface area contributed by atoms with Gasteiger partial charge in [0, 0.05) is 6.04 Å². The standard InChI is InChI=1S/C25H36BN3O4/c1-23(2,3)32-22(30)29-19-12-16(19)13-20(29)21-27-14-18(28-21)15-8-10-17(11-9-15)26-33-25(6,7)24(4,5)31/h8-11,14,16,19-20,26,31H,12-13H2,1-7H3,(H,27,28)/t16-,19?,20+/m1/s1. The van der Waals surface area contributed by atoms with Gasteiger partial charge in [-0.3, -0.25) is 4.90 Å². The second kappa shape index (κ2) is 8.17. The Bertz CT molecular complexity index is 1000. The number of ether oxygens (including phenoxy) is 1. The molecule has 7 nitrogen and oxygen atoms in total. The number of aromatic nitrogens is 2. The highest BCUT2D eigenvalue weighted by Crippen LogP contribution is 2.53. The van der Waals surface area contributed by atoms with Crippen LogP contribution in [-0.4, -0.2) is 56.4 Å². The van der Waals surface area contributed by atoms with Crippen LogP contribution < -0.4 is 5.46 Å². The van der Waals surface area contributed by atoms with Gasteiger partial charge in [-0.15, -0.1) is 0 Å². The summed E-state index contributed by atoms with van der Waals surface area (Å²) in [5.41, 5.74) is 0.850. The van der Waals surface area contributed by atoms with E-state index < -0.39 is 16.8 Å². The minimum Gasteiger partial charge on any atom is -0.444 e. The Hall–Kier alpha value is -2.32. The molecule has 1 saturated carbocycles. The third-order valence-electron chi connectivity index (χ3n) is 6.96. The molecule has 1 aliphatic heterocycles. The zero-order chi connectivity index (χ0) is 24.2. The number of rotatable bonds is 6. The third kappa shape index (κ3) is 5.12. The predicted octanol–water partition coefficient (Wildman–Crippen LogP) is 3.69. The van der Waals surface area contributed by atoms with E-state index in [1.54, 1.807) is 13.8 Å². The van der Waals surface area contributed by atoms with E-state index in [2.05, 4.69) is 9.97 Å². The Kier molecular flexibility index (Phi) is 5.90. The average molecular weight is 453 g/mol. The van der Waals surface area contributed by atoms with Crippen molar-refractivity contribution in [1.82, 2.24) is 14.9 Å². The first-order valence-corrected chi connectivity index (χ1v) is 11.8. The summed E-state index contributed by atoms with van der Waals surface area (Å²) in [5.74, 6) is 1.35. The van der Waals surface area contributed by atoms with Crippen molar-refractivity contribution in [3.8, 4) is 11.3 Å². The van der Waals surface area contributed by atoms with E-state index in [4.69, 9.17) is 9.39 Å². The molecule has 0 spiro atoms. The van der Waals surface area contributed by atoms with Gasteiger partial charge in [-0.1, -0.05) is 29.7 Å². The fourth-order valence-electron chi connectivity index (χ4n) is 4.15. The van der Waals surface area contributed by atoms with Crippen LogP contribution in [0.4, 0.5) is 4.79 Å². The van der Waals surface area contributed by atoms with Gasteiger partial charge >= 0.3 is 13.6 Å². The van der Waals surface area contributed by atoms with Gasteiger partial charge in [0.15, 0.2) is 0 Å². The van der Waals surface area contributed by atoms with Crippen LogP contribution in [-0.2, 0) is 9.39 Å². The second-order valence-electron chi connectivity index (χ2n) is 11.4. The SMILES string of the molecule is CC(C)(C)OC(=O)N1C2C[C@@H]2C[C@H]1c1ncc(-c2ccc(BOC(C)(C)C(C)(C)O)cc2)[nH]1. The van der Waals surface area contributed by atoms with Crippen LogP contribution in [0.25, 0.3) is 11.3 Å². The Morgan fingerprint density at radius 2 is 1.79 bits per heavy atom. The first-order valence-electron chi connectivity index (χ1n) is 11.8. The number of aromatic amines is 1. The van der Waals surface area contributed by atoms with Gasteiger partial charge in [-0.2, -0.15) is 0 Å². The maximum absolute atomic E-state index is 12.8. The van der Waals surface area contributed by atoms with E-state index in [1.165, 1.54) is 0 Å². The maximum Gasteiger partial charge on any atom is 0.411 e. The normalized spacial score (nSPS) is 22.8. The molecule has 1 aromatic heterocycles. The molecule has 4 rings (SSSR count). The van der Waals surface area contributed by atoms with Gasteiger partial charge in [-0.05, 0) is 72.8 Å². The molecule has 1 saturated heterocycles. The van der Waals surface area contributed by atoms with E-state index in [-0.39, 0.29) is 18.2 Å². The van der Waals surface area contributed by atoms with Crippen LogP contribution in [0.15, 0.2) is 30.5 Å². The Morgan fingerprint density at radius 3 is 2.39 bits per heavy atom. The van der Waals surface area contributed by atoms with Gasteiger partial charge in [0.25, 0.3) is 0 Å². The molecule has 2 fully saturated rings. The van der Waals surface area contributed by atoms with Crippen molar-refractivity contribution in [2.24, 2.45) is 5.92 Å². The number of H-pyrrole nitrogens is 1. The smallest absolute Gasteiger partial charge is 0.411 e. The lowest BCUT2D eigenvalue weighted by atomic mass is 9.82. The van der Waals surface area contributed by atoms with Crippen LogP contribution in [0, 0.1) is 5.92 Å². The van der Waals surface area contributed by atoms with Crippen molar-refractivity contribution in [1.29, 1.82) is 0 Å². The lowest BCUT2D eigenvalue weighted by molar-refractivity contribution is -0.0893. The summed E-state index contributed by atoms with van der Waals surface area (Å²) in [6.07, 6.45) is 3.55. The monoisotopic (exact) mass is 453 g/mol. The first-order chi connectivity index (χ1) is 15.2. The van der Waals surface area contributed by atoms with Crippen LogP contribution in [0.2, 0.25) is 0 Å². The van der Waals surface area contributed by atoms with Gasteiger partial charge in [0.2, 0.25) is 0 Å². The van der Waals surface area contributed by atoms with Crippen molar-refractivity contribution in [3.05, 3.63) is 36.3 Å². The number of carbonyl (C=O) groups excluding carboxylic acids is 1. The Morgan fingerprint density at radius 1 is 1.12 bits per heavy atom. The summed E-state index contributed by atoms with van der Waals surface area (Å²) in [6, 6.07) is 8.30. The first kappa shape index (κ1) is 23.8. The third-order valence-corrected chi connectivity index (χ3v) is 6.96. The number of aliphatic hydroxyl groups is 1. The molecule has 3 atom stereocenters. The molecule has 0 bridgehead atoms. The van der Waals surface area contributed by atoms with Crippen LogP contribution in [0.3, 0.4) is 0 Å². The molecule has 0 radical (unpaired) electrons. The Labute approximate surface area is 197 Å². The fourth-order valence-corrected chi connectivity index (χ4v) is 4.15. The van der Waals surface area contributed by atoms with E-state index in [9.17, 15) is 9.90 Å². The van der Waals surface area contributed by atoms with Crippen LogP contribution >= 0.6 is 0 Å². The molecule has 2 N–H and O–H groups in total. The van der Waals surface area contributed by atoms with E-state index in [0.29, 0.717) is 13.4 Å². The quantitative estimate of drug-likeness (QED) is 0.652. The molecular formula is C25H36BN3O4. The van der Waals surface area contributed by atoms with Crippen LogP contribution in [0.5, 0.6) is 0 Å². The number of amides is 1. The molecule has 2 aliphatic rings. The summed E-state index contributed by atoms with van der Waals surface area (Å²) in [4.78, 5) is 22.8. The number of benzene rings is 1. The molecule has 1 aromatic carbocycles. The number of nitrogens with zero attached hydrogens (tertiary/aromatic N) is 2. The molecule has 2 heterocycles. The Balaban J connectivity index is 1.44. The van der Waals surface area contributed by atoms with Crippen molar-refractivity contribution < 1.29 is 19.3 Å². The fraction of sp³-hybridized carbons (Fsp3) is 0.600. The van der Waals surface area contributed by atoms with Crippen molar-refractivity contribution >= 4 is 19.0 Å². The minimum atomic E-state index is -0.937.